The van der Waals surface area contributed by atoms with Crippen molar-refractivity contribution in [3.05, 3.63) is 88.6 Å². The van der Waals surface area contributed by atoms with Crippen LogP contribution >= 0.6 is 11.6 Å². The minimum atomic E-state index is -4.46. The summed E-state index contributed by atoms with van der Waals surface area (Å²) in [5.74, 6) is 0.353. The van der Waals surface area contributed by atoms with Crippen LogP contribution < -0.4 is 4.74 Å². The molecule has 0 fully saturated rings. The number of phenolic OH excluding ortho intramolecular Hbond substituents is 1. The van der Waals surface area contributed by atoms with Crippen molar-refractivity contribution in [1.29, 1.82) is 0 Å². The zero-order valence-electron chi connectivity index (χ0n) is 17.8. The molecule has 8 heteroatoms. The van der Waals surface area contributed by atoms with Gasteiger partial charge < -0.3 is 9.84 Å². The van der Waals surface area contributed by atoms with Crippen molar-refractivity contribution >= 4 is 11.6 Å². The number of phenols is 1. The molecule has 0 atom stereocenters. The van der Waals surface area contributed by atoms with Crippen LogP contribution in [0.15, 0.2) is 66.9 Å². The maximum absolute atomic E-state index is 13.3. The highest BCUT2D eigenvalue weighted by atomic mass is 35.5. The first-order valence-corrected chi connectivity index (χ1v) is 10.4. The van der Waals surface area contributed by atoms with Crippen LogP contribution in [0.5, 0.6) is 11.5 Å². The van der Waals surface area contributed by atoms with Gasteiger partial charge in [-0.3, -0.25) is 4.68 Å². The van der Waals surface area contributed by atoms with Gasteiger partial charge in [-0.25, -0.2) is 0 Å². The molecule has 4 rings (SSSR count). The molecule has 1 heterocycles. The summed E-state index contributed by atoms with van der Waals surface area (Å²) in [7, 11) is 1.67. The van der Waals surface area contributed by atoms with E-state index in [1.54, 1.807) is 50.5 Å². The van der Waals surface area contributed by atoms with Crippen LogP contribution in [-0.2, 0) is 19.8 Å². The quantitative estimate of drug-likeness (QED) is 0.339. The zero-order valence-corrected chi connectivity index (χ0v) is 18.6. The summed E-state index contributed by atoms with van der Waals surface area (Å²) in [6, 6.07) is 15.8. The molecule has 1 aromatic heterocycles. The summed E-state index contributed by atoms with van der Waals surface area (Å²) < 4.78 is 47.2. The van der Waals surface area contributed by atoms with E-state index < -0.39 is 11.7 Å². The van der Waals surface area contributed by atoms with Crippen molar-refractivity contribution in [2.45, 2.75) is 19.7 Å². The van der Waals surface area contributed by atoms with Gasteiger partial charge in [0.15, 0.2) is 0 Å². The minimum absolute atomic E-state index is 0.0905. The van der Waals surface area contributed by atoms with E-state index in [9.17, 15) is 18.3 Å². The lowest BCUT2D eigenvalue weighted by atomic mass is 9.97. The van der Waals surface area contributed by atoms with E-state index >= 15 is 0 Å². The molecule has 0 amide bonds. The molecule has 0 aliphatic heterocycles. The van der Waals surface area contributed by atoms with Crippen molar-refractivity contribution in [2.75, 3.05) is 0 Å². The van der Waals surface area contributed by atoms with Crippen LogP contribution in [0.4, 0.5) is 13.2 Å². The molecule has 0 bridgehead atoms. The Morgan fingerprint density at radius 1 is 1.00 bits per heavy atom. The van der Waals surface area contributed by atoms with E-state index in [2.05, 4.69) is 5.10 Å². The number of benzene rings is 3. The van der Waals surface area contributed by atoms with Gasteiger partial charge in [-0.2, -0.15) is 18.3 Å². The molecule has 0 saturated heterocycles. The summed E-state index contributed by atoms with van der Waals surface area (Å²) in [6.07, 6.45) is -2.83. The maximum Gasteiger partial charge on any atom is 0.416 e. The molecule has 0 spiro atoms. The van der Waals surface area contributed by atoms with E-state index in [-0.39, 0.29) is 12.4 Å². The smallest absolute Gasteiger partial charge is 0.416 e. The van der Waals surface area contributed by atoms with E-state index in [1.807, 2.05) is 12.1 Å². The van der Waals surface area contributed by atoms with Crippen molar-refractivity contribution < 1.29 is 23.0 Å². The lowest BCUT2D eigenvalue weighted by molar-refractivity contribution is -0.137. The molecule has 170 valence electrons. The highest BCUT2D eigenvalue weighted by Gasteiger charge is 2.31. The van der Waals surface area contributed by atoms with Crippen LogP contribution in [0.3, 0.4) is 0 Å². The Balaban J connectivity index is 1.66. The van der Waals surface area contributed by atoms with Crippen LogP contribution in [0.25, 0.3) is 22.4 Å². The molecule has 4 nitrogen and oxygen atoms in total. The van der Waals surface area contributed by atoms with Crippen molar-refractivity contribution in [3.8, 4) is 33.9 Å². The Hall–Kier alpha value is -3.45. The highest BCUT2D eigenvalue weighted by Crippen LogP contribution is 2.40. The Kier molecular flexibility index (Phi) is 6.08. The fourth-order valence-electron chi connectivity index (χ4n) is 3.55. The first-order valence-electron chi connectivity index (χ1n) is 10.0. The number of hydrogen-bond acceptors (Lipinski definition) is 3. The third-order valence-electron chi connectivity index (χ3n) is 5.09. The molecular weight excluding hydrogens is 453 g/mol. The number of aromatic hydroxyl groups is 1. The molecule has 0 unspecified atom stereocenters. The fraction of sp³-hybridized carbons (Fsp3) is 0.160. The average molecular weight is 473 g/mol. The molecule has 4 aromatic rings. The van der Waals surface area contributed by atoms with Crippen LogP contribution in [-0.4, -0.2) is 14.9 Å². The Morgan fingerprint density at radius 2 is 1.73 bits per heavy atom. The van der Waals surface area contributed by atoms with Crippen molar-refractivity contribution in [2.24, 2.45) is 7.05 Å². The van der Waals surface area contributed by atoms with Gasteiger partial charge in [0.25, 0.3) is 0 Å². The number of rotatable bonds is 5. The molecule has 1 N–H and O–H groups in total. The number of ether oxygens (including phenoxy) is 1. The van der Waals surface area contributed by atoms with Crippen LogP contribution in [0, 0.1) is 6.92 Å². The molecule has 3 aromatic carbocycles. The van der Waals surface area contributed by atoms with Gasteiger partial charge >= 0.3 is 6.18 Å². The van der Waals surface area contributed by atoms with Gasteiger partial charge in [0.05, 0.1) is 5.56 Å². The Labute approximate surface area is 193 Å². The van der Waals surface area contributed by atoms with E-state index in [0.717, 1.165) is 17.7 Å². The topological polar surface area (TPSA) is 47.3 Å². The first-order chi connectivity index (χ1) is 15.6. The Morgan fingerprint density at radius 3 is 2.39 bits per heavy atom. The first kappa shape index (κ1) is 22.7. The van der Waals surface area contributed by atoms with Crippen LogP contribution in [0.1, 0.15) is 16.7 Å². The monoisotopic (exact) mass is 472 g/mol. The summed E-state index contributed by atoms with van der Waals surface area (Å²) in [5.41, 5.74) is 2.27. The SMILES string of the molecule is Cc1cc(-c2cn(C)nc2-c2ccc(OCc3ccc(Cl)cc3)cc2O)cc(C(F)(F)F)c1. The second-order valence-corrected chi connectivity index (χ2v) is 8.18. The van der Waals surface area contributed by atoms with E-state index in [1.165, 1.54) is 10.7 Å². The second-order valence-electron chi connectivity index (χ2n) is 7.74. The molecule has 0 saturated carbocycles. The molecule has 0 aliphatic rings. The van der Waals surface area contributed by atoms with Crippen molar-refractivity contribution in [3.63, 3.8) is 0 Å². The third-order valence-corrected chi connectivity index (χ3v) is 5.34. The number of halogens is 4. The highest BCUT2D eigenvalue weighted by molar-refractivity contribution is 6.30. The van der Waals surface area contributed by atoms with Crippen LogP contribution in [0.2, 0.25) is 5.02 Å². The van der Waals surface area contributed by atoms with Gasteiger partial charge in [0.1, 0.15) is 23.8 Å². The largest absolute Gasteiger partial charge is 0.507 e. The van der Waals surface area contributed by atoms with Gasteiger partial charge in [-0.1, -0.05) is 29.8 Å². The predicted octanol–water partition coefficient (Wildman–Crippen LogP) is 7.02. The Bertz CT molecular complexity index is 1300. The normalized spacial score (nSPS) is 11.6. The average Bonchev–Trinajstić information content (AvgIpc) is 3.14. The van der Waals surface area contributed by atoms with E-state index in [4.69, 9.17) is 16.3 Å². The predicted molar refractivity (Wildman–Crippen MR) is 121 cm³/mol. The summed E-state index contributed by atoms with van der Waals surface area (Å²) in [5, 5.41) is 15.7. The van der Waals surface area contributed by atoms with Gasteiger partial charge in [-0.15, -0.1) is 0 Å². The molecular formula is C25H20ClF3N2O2. The second kappa shape index (κ2) is 8.83. The summed E-state index contributed by atoms with van der Waals surface area (Å²) in [4.78, 5) is 0. The van der Waals surface area contributed by atoms with Gasteiger partial charge in [0, 0.05) is 35.5 Å². The zero-order chi connectivity index (χ0) is 23.8. The lowest BCUT2D eigenvalue weighted by Gasteiger charge is -2.12. The van der Waals surface area contributed by atoms with E-state index in [0.29, 0.717) is 38.7 Å². The number of aromatic nitrogens is 2. The number of hydrogen-bond donors (Lipinski definition) is 1. The number of aryl methyl sites for hydroxylation is 2. The number of alkyl halides is 3. The summed E-state index contributed by atoms with van der Waals surface area (Å²) >= 11 is 5.89. The molecule has 33 heavy (non-hydrogen) atoms. The fourth-order valence-corrected chi connectivity index (χ4v) is 3.68. The maximum atomic E-state index is 13.3. The van der Waals surface area contributed by atoms with Gasteiger partial charge in [0.2, 0.25) is 0 Å². The van der Waals surface area contributed by atoms with Crippen molar-refractivity contribution in [1.82, 2.24) is 9.78 Å². The number of nitrogens with zero attached hydrogens (tertiary/aromatic N) is 2. The van der Waals surface area contributed by atoms with Gasteiger partial charge in [-0.05, 0) is 60.0 Å². The third kappa shape index (κ3) is 5.14. The molecule has 0 aliphatic carbocycles. The standard InChI is InChI=1S/C25H20ClF3N2O2/c1-15-9-17(11-18(10-15)25(27,28)29)22-13-31(2)30-24(22)21-8-7-20(12-23(21)32)33-14-16-3-5-19(26)6-4-16/h3-13,32H,14H2,1-2H3. The summed E-state index contributed by atoms with van der Waals surface area (Å²) in [6.45, 7) is 1.90. The molecule has 0 radical (unpaired) electrons. The lowest BCUT2D eigenvalue weighted by Crippen LogP contribution is -2.05. The minimum Gasteiger partial charge on any atom is -0.507 e.